The van der Waals surface area contributed by atoms with Crippen molar-refractivity contribution in [3.63, 3.8) is 0 Å². The first-order valence-electron chi connectivity index (χ1n) is 14.7. The van der Waals surface area contributed by atoms with Crippen LogP contribution in [0.2, 0.25) is 0 Å². The van der Waals surface area contributed by atoms with Gasteiger partial charge in [-0.25, -0.2) is 0 Å². The number of hydrogen-bond acceptors (Lipinski definition) is 16. The number of methoxy groups -OCH3 is 4. The Morgan fingerprint density at radius 2 is 1.04 bits per heavy atom. The van der Waals surface area contributed by atoms with E-state index in [0.717, 1.165) is 24.3 Å². The minimum absolute atomic E-state index is 0. The smallest absolute Gasteiger partial charge is 0.780 e. The van der Waals surface area contributed by atoms with E-state index in [-0.39, 0.29) is 180 Å². The fourth-order valence-corrected chi connectivity index (χ4v) is 6.29. The molecule has 0 saturated carbocycles. The van der Waals surface area contributed by atoms with E-state index >= 15 is 0 Å². The molecule has 6 aromatic rings. The number of phosphoric ester groups is 2. The summed E-state index contributed by atoms with van der Waals surface area (Å²) in [6.45, 7) is 0. The molecule has 56 heavy (non-hydrogen) atoms. The number of benzene rings is 4. The molecule has 0 N–H and O–H groups in total. The van der Waals surface area contributed by atoms with Crippen LogP contribution in [0.25, 0.3) is 55.7 Å². The van der Waals surface area contributed by atoms with Crippen molar-refractivity contribution in [1.29, 1.82) is 0 Å². The van der Waals surface area contributed by atoms with E-state index in [1.807, 2.05) is 0 Å². The summed E-state index contributed by atoms with van der Waals surface area (Å²) in [6, 6.07) is 16.5. The largest absolute Gasteiger partial charge is 1.00 e. The molecule has 0 spiro atoms. The molecule has 0 bridgehead atoms. The van der Waals surface area contributed by atoms with Crippen LogP contribution in [0.3, 0.4) is 0 Å². The maximum atomic E-state index is 13.7. The Morgan fingerprint density at radius 3 is 1.57 bits per heavy atom. The van der Waals surface area contributed by atoms with Gasteiger partial charge >= 0.3 is 118 Å². The predicted molar refractivity (Wildman–Crippen MR) is 178 cm³/mol. The van der Waals surface area contributed by atoms with Crippen LogP contribution in [0.5, 0.6) is 34.5 Å². The van der Waals surface area contributed by atoms with E-state index in [1.165, 1.54) is 52.7 Å². The Labute approximate surface area is 406 Å². The minimum Gasteiger partial charge on any atom is -0.780 e. The van der Waals surface area contributed by atoms with Gasteiger partial charge in [-0.05, 0) is 42.5 Å². The molecule has 0 aliphatic rings. The number of hydrogen-bond donors (Lipinski definition) is 0. The molecular weight excluding hydrogens is 818 g/mol. The van der Waals surface area contributed by atoms with Gasteiger partial charge in [-0.3, -0.25) is 9.59 Å². The normalized spacial score (nSPS) is 10.9. The standard InChI is InChI=1S/C34H28O16P2.4Na/c1-43-19-8-5-17(6-9-19)25-15-23(36)33-30(50-52(40,41)42)16-27(46-4)31(34(33)48-25)21-11-18(7-10-24(21)45-3)26-14-22(35)32-28(47-26)12-20(44-2)13-29(32)49-51(37,38)39;;;;/h5-16H,1-4H3,(H2,37,38,39)(H2,40,41,42);;;;/q;4*+1/p-4. The van der Waals surface area contributed by atoms with Gasteiger partial charge in [0.1, 0.15) is 78.0 Å². The second-order valence-electron chi connectivity index (χ2n) is 10.8. The number of phosphoric acid groups is 2. The average Bonchev–Trinajstić information content (AvgIpc) is 3.09. The number of rotatable bonds is 11. The van der Waals surface area contributed by atoms with Crippen LogP contribution >= 0.6 is 15.6 Å². The maximum absolute atomic E-state index is 13.7. The van der Waals surface area contributed by atoms with Crippen molar-refractivity contribution >= 4 is 37.6 Å². The van der Waals surface area contributed by atoms with Crippen molar-refractivity contribution in [2.24, 2.45) is 0 Å². The SMILES string of the molecule is COc1ccc(-c2cc(=O)c3c(OP(=O)([O-])[O-])cc(OC)c(-c4cc(-c5cc(=O)c6c(OP(=O)([O-])[O-])cc(OC)cc6o5)ccc4OC)c3o2)cc1.[Na+].[Na+].[Na+].[Na+]. The minimum atomic E-state index is -5.70. The molecule has 6 rings (SSSR count). The molecule has 0 aliphatic heterocycles. The van der Waals surface area contributed by atoms with E-state index in [0.29, 0.717) is 11.3 Å². The number of ether oxygens (including phenoxy) is 4. The average molecular weight is 842 g/mol. The van der Waals surface area contributed by atoms with Crippen LogP contribution in [-0.2, 0) is 9.13 Å². The fraction of sp³-hybridized carbons (Fsp3) is 0.118. The van der Waals surface area contributed by atoms with Gasteiger partial charge in [0.25, 0.3) is 0 Å². The zero-order valence-electron chi connectivity index (χ0n) is 31.4. The third kappa shape index (κ3) is 11.2. The zero-order chi connectivity index (χ0) is 37.5. The molecule has 2 heterocycles. The fourth-order valence-electron chi connectivity index (χ4n) is 5.52. The van der Waals surface area contributed by atoms with Gasteiger partial charge in [0.15, 0.2) is 16.4 Å². The molecule has 270 valence electrons. The van der Waals surface area contributed by atoms with Gasteiger partial charge in [-0.15, -0.1) is 0 Å². The van der Waals surface area contributed by atoms with Crippen molar-refractivity contribution in [3.05, 3.63) is 93.2 Å². The van der Waals surface area contributed by atoms with Gasteiger partial charge in [-0.1, -0.05) is 0 Å². The van der Waals surface area contributed by atoms with E-state index in [4.69, 9.17) is 32.3 Å². The van der Waals surface area contributed by atoms with Crippen LogP contribution in [0.15, 0.2) is 91.2 Å². The monoisotopic (exact) mass is 842 g/mol. The molecule has 0 atom stereocenters. The van der Waals surface area contributed by atoms with Gasteiger partial charge in [0.05, 0.1) is 34.0 Å². The summed E-state index contributed by atoms with van der Waals surface area (Å²) in [4.78, 5) is 73.4. The molecule has 0 saturated heterocycles. The van der Waals surface area contributed by atoms with Crippen molar-refractivity contribution < 1.29 is 184 Å². The Morgan fingerprint density at radius 1 is 0.518 bits per heavy atom. The first-order chi connectivity index (χ1) is 24.6. The van der Waals surface area contributed by atoms with Crippen LogP contribution in [0.1, 0.15) is 0 Å². The van der Waals surface area contributed by atoms with Crippen LogP contribution in [0.4, 0.5) is 0 Å². The molecule has 22 heteroatoms. The molecule has 0 fully saturated rings. The van der Waals surface area contributed by atoms with Gasteiger partial charge in [0, 0.05) is 47.0 Å². The molecule has 0 amide bonds. The van der Waals surface area contributed by atoms with Crippen molar-refractivity contribution in [2.45, 2.75) is 0 Å². The zero-order valence-corrected chi connectivity index (χ0v) is 41.1. The van der Waals surface area contributed by atoms with E-state index in [9.17, 15) is 38.3 Å². The summed E-state index contributed by atoms with van der Waals surface area (Å²) in [5.74, 6) is -0.683. The molecule has 0 radical (unpaired) electrons. The first kappa shape index (κ1) is 50.5. The Bertz CT molecular complexity index is 2580. The first-order valence-corrected chi connectivity index (χ1v) is 17.7. The summed E-state index contributed by atoms with van der Waals surface area (Å²) in [6.07, 6.45) is 0. The van der Waals surface area contributed by atoms with Crippen LogP contribution < -0.4 is 177 Å². The molecule has 16 nitrogen and oxygen atoms in total. The van der Waals surface area contributed by atoms with Crippen LogP contribution in [-0.4, -0.2) is 28.4 Å². The Balaban J connectivity index is 0.00000271. The van der Waals surface area contributed by atoms with Crippen molar-refractivity contribution in [1.82, 2.24) is 0 Å². The van der Waals surface area contributed by atoms with E-state index < -0.39 is 43.4 Å². The second kappa shape index (κ2) is 20.6. The maximum Gasteiger partial charge on any atom is 1.00 e. The summed E-state index contributed by atoms with van der Waals surface area (Å²) in [5, 5.41) is -0.770. The molecule has 4 aromatic carbocycles. The van der Waals surface area contributed by atoms with Gasteiger partial charge < -0.3 is 65.5 Å². The second-order valence-corrected chi connectivity index (χ2v) is 13.0. The van der Waals surface area contributed by atoms with Crippen LogP contribution in [0, 0.1) is 0 Å². The summed E-state index contributed by atoms with van der Waals surface area (Å²) < 4.78 is 66.3. The Hall–Kier alpha value is -1.60. The predicted octanol–water partition coefficient (Wildman–Crippen LogP) is -8.63. The van der Waals surface area contributed by atoms with E-state index in [1.54, 1.807) is 24.3 Å². The Kier molecular flexibility index (Phi) is 18.6. The quantitative estimate of drug-likeness (QED) is 0.0869. The van der Waals surface area contributed by atoms with Gasteiger partial charge in [0.2, 0.25) is 0 Å². The molecule has 0 unspecified atom stereocenters. The molecule has 0 aliphatic carbocycles. The summed E-state index contributed by atoms with van der Waals surface area (Å²) >= 11 is 0. The van der Waals surface area contributed by atoms with Crippen molar-refractivity contribution in [2.75, 3.05) is 28.4 Å². The molecular formula is C34H24Na4O16P2. The van der Waals surface area contributed by atoms with Crippen molar-refractivity contribution in [3.8, 4) is 68.3 Å². The van der Waals surface area contributed by atoms with Gasteiger partial charge in [-0.2, -0.15) is 0 Å². The summed E-state index contributed by atoms with van der Waals surface area (Å²) in [5.41, 5.74) is -1.13. The third-order valence-electron chi connectivity index (χ3n) is 7.70. The topological polar surface area (TPSA) is 242 Å². The molecule has 2 aromatic heterocycles. The van der Waals surface area contributed by atoms with E-state index in [2.05, 4.69) is 4.52 Å². The summed E-state index contributed by atoms with van der Waals surface area (Å²) in [7, 11) is -5.97. The number of fused-ring (bicyclic) bond motifs is 2. The third-order valence-corrected chi connectivity index (χ3v) is 8.54.